The van der Waals surface area contributed by atoms with Crippen molar-refractivity contribution in [3.63, 3.8) is 0 Å². The summed E-state index contributed by atoms with van der Waals surface area (Å²) in [6, 6.07) is 14.4. The Hall–Kier alpha value is -3.35. The molecule has 2 amide bonds. The number of carbonyl (C=O) groups excluding carboxylic acids is 2. The van der Waals surface area contributed by atoms with Gasteiger partial charge in [-0.25, -0.2) is 9.59 Å². The molecule has 2 aromatic rings. The van der Waals surface area contributed by atoms with Gasteiger partial charge in [-0.05, 0) is 23.6 Å². The molecular formula is C21H22N2O5. The summed E-state index contributed by atoms with van der Waals surface area (Å²) in [5, 5.41) is 12.1. The fourth-order valence-electron chi connectivity index (χ4n) is 3.27. The van der Waals surface area contributed by atoms with E-state index >= 15 is 0 Å². The Morgan fingerprint density at radius 2 is 1.82 bits per heavy atom. The van der Waals surface area contributed by atoms with Crippen molar-refractivity contribution in [2.45, 2.75) is 38.5 Å². The van der Waals surface area contributed by atoms with Gasteiger partial charge in [0.05, 0.1) is 0 Å². The SMILES string of the molecule is CC[C@H](NC(=O)OCc1ccccc1)C(=O)N1c2ccccc2C[C@H]1C(=O)O. The normalized spacial score (nSPS) is 16.2. The molecule has 146 valence electrons. The minimum atomic E-state index is -1.08. The third-order valence-corrected chi connectivity index (χ3v) is 4.71. The van der Waals surface area contributed by atoms with Crippen molar-refractivity contribution in [3.05, 3.63) is 65.7 Å². The zero-order valence-electron chi connectivity index (χ0n) is 15.5. The van der Waals surface area contributed by atoms with E-state index in [1.807, 2.05) is 36.4 Å². The van der Waals surface area contributed by atoms with Crippen molar-refractivity contribution in [2.24, 2.45) is 0 Å². The number of carboxylic acid groups (broad SMARTS) is 1. The van der Waals surface area contributed by atoms with Crippen molar-refractivity contribution < 1.29 is 24.2 Å². The maximum atomic E-state index is 13.1. The van der Waals surface area contributed by atoms with Crippen LogP contribution in [0.4, 0.5) is 10.5 Å². The Morgan fingerprint density at radius 3 is 2.50 bits per heavy atom. The van der Waals surface area contributed by atoms with Crippen LogP contribution in [0.15, 0.2) is 54.6 Å². The topological polar surface area (TPSA) is 95.9 Å². The summed E-state index contributed by atoms with van der Waals surface area (Å²) in [5.41, 5.74) is 2.19. The molecule has 2 aromatic carbocycles. The molecule has 2 atom stereocenters. The van der Waals surface area contributed by atoms with Crippen LogP contribution in [0.2, 0.25) is 0 Å². The molecule has 0 saturated heterocycles. The summed E-state index contributed by atoms with van der Waals surface area (Å²) in [6.07, 6.45) is -0.167. The van der Waals surface area contributed by atoms with Gasteiger partial charge < -0.3 is 15.2 Å². The number of nitrogens with zero attached hydrogens (tertiary/aromatic N) is 1. The molecule has 1 aliphatic rings. The number of hydrogen-bond donors (Lipinski definition) is 2. The lowest BCUT2D eigenvalue weighted by Gasteiger charge is -2.27. The van der Waals surface area contributed by atoms with Gasteiger partial charge in [0.25, 0.3) is 5.91 Å². The van der Waals surface area contributed by atoms with Crippen LogP contribution in [0.5, 0.6) is 0 Å². The number of alkyl carbamates (subject to hydrolysis) is 1. The molecule has 0 spiro atoms. The summed E-state index contributed by atoms with van der Waals surface area (Å²) in [7, 11) is 0. The predicted octanol–water partition coefficient (Wildman–Crippen LogP) is 2.73. The average molecular weight is 382 g/mol. The molecule has 0 saturated carbocycles. The van der Waals surface area contributed by atoms with Crippen LogP contribution in [-0.4, -0.2) is 35.2 Å². The van der Waals surface area contributed by atoms with E-state index in [1.54, 1.807) is 25.1 Å². The van der Waals surface area contributed by atoms with Crippen molar-refractivity contribution in [1.82, 2.24) is 5.32 Å². The van der Waals surface area contributed by atoms with Crippen LogP contribution >= 0.6 is 0 Å². The van der Waals surface area contributed by atoms with Crippen LogP contribution < -0.4 is 10.2 Å². The average Bonchev–Trinajstić information content (AvgIpc) is 3.10. The highest BCUT2D eigenvalue weighted by Gasteiger charge is 2.40. The number of ether oxygens (including phenoxy) is 1. The Morgan fingerprint density at radius 1 is 1.14 bits per heavy atom. The quantitative estimate of drug-likeness (QED) is 0.801. The van der Waals surface area contributed by atoms with Crippen molar-refractivity contribution in [3.8, 4) is 0 Å². The van der Waals surface area contributed by atoms with Gasteiger partial charge in [0.2, 0.25) is 0 Å². The summed E-state index contributed by atoms with van der Waals surface area (Å²) in [6.45, 7) is 1.83. The minimum absolute atomic E-state index is 0.0849. The number of amides is 2. The molecule has 0 radical (unpaired) electrons. The minimum Gasteiger partial charge on any atom is -0.480 e. The Kier molecular flexibility index (Phi) is 5.93. The number of carbonyl (C=O) groups is 3. The standard InChI is InChI=1S/C21H22N2O5/c1-2-16(22-21(27)28-13-14-8-4-3-5-9-14)19(24)23-17-11-7-6-10-15(17)12-18(23)20(25)26/h3-11,16,18H,2,12-13H2,1H3,(H,22,27)(H,25,26)/t16-,18-/m0/s1. The van der Waals surface area contributed by atoms with E-state index in [2.05, 4.69) is 5.32 Å². The second kappa shape index (κ2) is 8.56. The smallest absolute Gasteiger partial charge is 0.408 e. The summed E-state index contributed by atoms with van der Waals surface area (Å²) in [4.78, 5) is 38.1. The van der Waals surface area contributed by atoms with Gasteiger partial charge >= 0.3 is 12.1 Å². The number of para-hydroxylation sites is 1. The Bertz CT molecular complexity index is 868. The number of fused-ring (bicyclic) bond motifs is 1. The second-order valence-electron chi connectivity index (χ2n) is 6.56. The summed E-state index contributed by atoms with van der Waals surface area (Å²) >= 11 is 0. The van der Waals surface area contributed by atoms with Crippen LogP contribution in [-0.2, 0) is 27.4 Å². The van der Waals surface area contributed by atoms with Crippen LogP contribution in [0.25, 0.3) is 0 Å². The first-order valence-corrected chi connectivity index (χ1v) is 9.12. The highest BCUT2D eigenvalue weighted by atomic mass is 16.5. The lowest BCUT2D eigenvalue weighted by Crippen LogP contribution is -2.52. The molecule has 3 rings (SSSR count). The monoisotopic (exact) mass is 382 g/mol. The van der Waals surface area contributed by atoms with E-state index in [9.17, 15) is 19.5 Å². The van der Waals surface area contributed by atoms with Gasteiger partial charge in [0.1, 0.15) is 18.7 Å². The lowest BCUT2D eigenvalue weighted by molar-refractivity contribution is -0.140. The third-order valence-electron chi connectivity index (χ3n) is 4.71. The Balaban J connectivity index is 1.70. The molecule has 0 aliphatic carbocycles. The third kappa shape index (κ3) is 4.14. The number of benzene rings is 2. The molecule has 7 heteroatoms. The molecule has 1 heterocycles. The molecule has 2 N–H and O–H groups in total. The maximum absolute atomic E-state index is 13.1. The van der Waals surface area contributed by atoms with Gasteiger partial charge in [-0.3, -0.25) is 9.69 Å². The van der Waals surface area contributed by atoms with Crippen LogP contribution in [0.1, 0.15) is 24.5 Å². The van der Waals surface area contributed by atoms with Crippen LogP contribution in [0, 0.1) is 0 Å². The van der Waals surface area contributed by atoms with Gasteiger partial charge in [0.15, 0.2) is 0 Å². The van der Waals surface area contributed by atoms with E-state index in [0.717, 1.165) is 11.1 Å². The summed E-state index contributed by atoms with van der Waals surface area (Å²) < 4.78 is 5.18. The molecule has 0 aromatic heterocycles. The second-order valence-corrected chi connectivity index (χ2v) is 6.56. The predicted molar refractivity (Wildman–Crippen MR) is 103 cm³/mol. The lowest BCUT2D eigenvalue weighted by atomic mass is 10.1. The first-order chi connectivity index (χ1) is 13.5. The van der Waals surface area contributed by atoms with Gasteiger partial charge in [-0.2, -0.15) is 0 Å². The molecule has 0 fully saturated rings. The first-order valence-electron chi connectivity index (χ1n) is 9.12. The largest absolute Gasteiger partial charge is 0.480 e. The van der Waals surface area contributed by atoms with E-state index < -0.39 is 30.1 Å². The van der Waals surface area contributed by atoms with E-state index in [0.29, 0.717) is 12.1 Å². The number of carboxylic acids is 1. The highest BCUT2D eigenvalue weighted by Crippen LogP contribution is 2.32. The Labute approximate surface area is 162 Å². The maximum Gasteiger partial charge on any atom is 0.408 e. The van der Waals surface area contributed by atoms with Crippen LogP contribution in [0.3, 0.4) is 0 Å². The zero-order chi connectivity index (χ0) is 20.1. The molecule has 1 aliphatic heterocycles. The molecule has 7 nitrogen and oxygen atoms in total. The number of nitrogens with one attached hydrogen (secondary N) is 1. The zero-order valence-corrected chi connectivity index (χ0v) is 15.5. The van der Waals surface area contributed by atoms with E-state index in [4.69, 9.17) is 4.74 Å². The molecule has 0 bridgehead atoms. The number of rotatable bonds is 6. The van der Waals surface area contributed by atoms with Crippen molar-refractivity contribution in [2.75, 3.05) is 4.90 Å². The van der Waals surface area contributed by atoms with Crippen molar-refractivity contribution >= 4 is 23.7 Å². The van der Waals surface area contributed by atoms with Gasteiger partial charge in [0, 0.05) is 12.1 Å². The first kappa shape index (κ1) is 19.4. The molecular weight excluding hydrogens is 360 g/mol. The van der Waals surface area contributed by atoms with Gasteiger partial charge in [-0.1, -0.05) is 55.5 Å². The highest BCUT2D eigenvalue weighted by molar-refractivity contribution is 6.05. The molecule has 28 heavy (non-hydrogen) atoms. The van der Waals surface area contributed by atoms with E-state index in [-0.39, 0.29) is 13.0 Å². The fraction of sp³-hybridized carbons (Fsp3) is 0.286. The molecule has 0 unspecified atom stereocenters. The number of aliphatic carboxylic acids is 1. The number of hydrogen-bond acceptors (Lipinski definition) is 4. The summed E-state index contributed by atoms with van der Waals surface area (Å²) in [5.74, 6) is -1.54. The number of anilines is 1. The van der Waals surface area contributed by atoms with Crippen molar-refractivity contribution in [1.29, 1.82) is 0 Å². The van der Waals surface area contributed by atoms with E-state index in [1.165, 1.54) is 4.90 Å². The van der Waals surface area contributed by atoms with Gasteiger partial charge in [-0.15, -0.1) is 0 Å². The fourth-order valence-corrected chi connectivity index (χ4v) is 3.27.